The van der Waals surface area contributed by atoms with E-state index in [1.54, 1.807) is 12.0 Å². The van der Waals surface area contributed by atoms with Crippen molar-refractivity contribution in [3.63, 3.8) is 0 Å². The normalized spacial score (nSPS) is 14.9. The van der Waals surface area contributed by atoms with Crippen LogP contribution < -0.4 is 10.1 Å². The van der Waals surface area contributed by atoms with Crippen LogP contribution in [0.5, 0.6) is 5.75 Å². The fourth-order valence-electron chi connectivity index (χ4n) is 3.48. The molecule has 1 aliphatic rings. The minimum atomic E-state index is -0.0104. The van der Waals surface area contributed by atoms with E-state index in [2.05, 4.69) is 15.1 Å². The number of para-hydroxylation sites is 1. The molecule has 0 bridgehead atoms. The number of amides is 2. The van der Waals surface area contributed by atoms with Crippen molar-refractivity contribution in [2.75, 3.05) is 58.7 Å². The zero-order valence-electron chi connectivity index (χ0n) is 17.7. The molecular weight excluding hydrogens is 380 g/mol. The summed E-state index contributed by atoms with van der Waals surface area (Å²) in [4.78, 5) is 30.8. The first-order chi connectivity index (χ1) is 14.5. The summed E-state index contributed by atoms with van der Waals surface area (Å²) < 4.78 is 5.24. The Labute approximate surface area is 178 Å². The molecule has 1 saturated heterocycles. The lowest BCUT2D eigenvalue weighted by molar-refractivity contribution is -0.132. The zero-order chi connectivity index (χ0) is 21.3. The van der Waals surface area contributed by atoms with Crippen LogP contribution in [0.1, 0.15) is 5.56 Å². The van der Waals surface area contributed by atoms with Crippen LogP contribution in [0, 0.1) is 0 Å². The molecule has 7 heteroatoms. The van der Waals surface area contributed by atoms with Crippen LogP contribution in [0.3, 0.4) is 0 Å². The van der Waals surface area contributed by atoms with Crippen molar-refractivity contribution in [1.82, 2.24) is 14.7 Å². The van der Waals surface area contributed by atoms with Crippen molar-refractivity contribution in [1.29, 1.82) is 0 Å². The predicted octanol–water partition coefficient (Wildman–Crippen LogP) is 1.91. The molecule has 0 saturated carbocycles. The predicted molar refractivity (Wildman–Crippen MR) is 117 cm³/mol. The molecule has 0 atom stereocenters. The Morgan fingerprint density at radius 3 is 2.30 bits per heavy atom. The maximum atomic E-state index is 12.6. The lowest BCUT2D eigenvalue weighted by Gasteiger charge is -2.34. The van der Waals surface area contributed by atoms with Gasteiger partial charge in [0.1, 0.15) is 5.75 Å². The first-order valence-electron chi connectivity index (χ1n) is 10.2. The van der Waals surface area contributed by atoms with Gasteiger partial charge in [-0.15, -0.1) is 0 Å². The minimum Gasteiger partial charge on any atom is -0.497 e. The average molecular weight is 411 g/mol. The van der Waals surface area contributed by atoms with Gasteiger partial charge in [0.15, 0.2) is 0 Å². The summed E-state index contributed by atoms with van der Waals surface area (Å²) >= 11 is 0. The summed E-state index contributed by atoms with van der Waals surface area (Å²) in [6.07, 6.45) is 0. The maximum absolute atomic E-state index is 12.6. The summed E-state index contributed by atoms with van der Waals surface area (Å²) in [6, 6.07) is 17.2. The number of nitrogens with zero attached hydrogens (tertiary/aromatic N) is 3. The minimum absolute atomic E-state index is 0.0104. The second kappa shape index (κ2) is 10.8. The maximum Gasteiger partial charge on any atom is 0.238 e. The lowest BCUT2D eigenvalue weighted by Crippen LogP contribution is -2.51. The molecule has 2 amide bonds. The largest absolute Gasteiger partial charge is 0.497 e. The summed E-state index contributed by atoms with van der Waals surface area (Å²) in [5, 5.41) is 2.91. The molecule has 1 fully saturated rings. The molecule has 1 aliphatic heterocycles. The number of rotatable bonds is 8. The van der Waals surface area contributed by atoms with Crippen LogP contribution in [0.2, 0.25) is 0 Å². The molecule has 3 rings (SSSR count). The van der Waals surface area contributed by atoms with E-state index in [1.807, 2.05) is 61.6 Å². The SMILES string of the molecule is COc1cccc(CN(C)C(=O)CN2CCN(CC(=O)Nc3ccccc3)CC2)c1. The third kappa shape index (κ3) is 6.57. The average Bonchev–Trinajstić information content (AvgIpc) is 2.76. The van der Waals surface area contributed by atoms with E-state index in [0.717, 1.165) is 43.2 Å². The van der Waals surface area contributed by atoms with Crippen LogP contribution in [-0.4, -0.2) is 79.9 Å². The van der Waals surface area contributed by atoms with Gasteiger partial charge < -0.3 is 15.0 Å². The van der Waals surface area contributed by atoms with Gasteiger partial charge in [0.05, 0.1) is 20.2 Å². The number of piperazine rings is 1. The van der Waals surface area contributed by atoms with Crippen molar-refractivity contribution in [3.05, 3.63) is 60.2 Å². The summed E-state index contributed by atoms with van der Waals surface area (Å²) in [5.41, 5.74) is 1.85. The van der Waals surface area contributed by atoms with E-state index < -0.39 is 0 Å². The number of likely N-dealkylation sites (N-methyl/N-ethyl adjacent to an activating group) is 1. The molecule has 0 unspecified atom stereocenters. The van der Waals surface area contributed by atoms with E-state index in [4.69, 9.17) is 4.74 Å². The fraction of sp³-hybridized carbons (Fsp3) is 0.391. The number of carbonyl (C=O) groups is 2. The van der Waals surface area contributed by atoms with Gasteiger partial charge in [0, 0.05) is 45.5 Å². The third-order valence-corrected chi connectivity index (χ3v) is 5.23. The number of carbonyl (C=O) groups excluding carboxylic acids is 2. The number of benzene rings is 2. The molecule has 2 aromatic rings. The van der Waals surface area contributed by atoms with Crippen molar-refractivity contribution in [2.24, 2.45) is 0 Å². The van der Waals surface area contributed by atoms with E-state index in [9.17, 15) is 9.59 Å². The van der Waals surface area contributed by atoms with E-state index >= 15 is 0 Å². The monoisotopic (exact) mass is 410 g/mol. The van der Waals surface area contributed by atoms with Crippen molar-refractivity contribution >= 4 is 17.5 Å². The Morgan fingerprint density at radius 1 is 0.967 bits per heavy atom. The highest BCUT2D eigenvalue weighted by Gasteiger charge is 2.22. The van der Waals surface area contributed by atoms with Crippen LogP contribution in [0.4, 0.5) is 5.69 Å². The van der Waals surface area contributed by atoms with Gasteiger partial charge in [0.25, 0.3) is 0 Å². The van der Waals surface area contributed by atoms with Gasteiger partial charge in [-0.05, 0) is 29.8 Å². The molecular formula is C23H30N4O3. The molecule has 0 aliphatic carbocycles. The summed E-state index contributed by atoms with van der Waals surface area (Å²) in [6.45, 7) is 4.41. The number of anilines is 1. The van der Waals surface area contributed by atoms with E-state index in [0.29, 0.717) is 19.6 Å². The smallest absolute Gasteiger partial charge is 0.238 e. The standard InChI is InChI=1S/C23H30N4O3/c1-25(16-19-7-6-10-21(15-19)30-2)23(29)18-27-13-11-26(12-14-27)17-22(28)24-20-8-4-3-5-9-20/h3-10,15H,11-14,16-18H2,1-2H3,(H,24,28). The Morgan fingerprint density at radius 2 is 1.63 bits per heavy atom. The Bertz CT molecular complexity index is 835. The van der Waals surface area contributed by atoms with Crippen LogP contribution in [-0.2, 0) is 16.1 Å². The third-order valence-electron chi connectivity index (χ3n) is 5.23. The second-order valence-corrected chi connectivity index (χ2v) is 7.57. The molecule has 1 heterocycles. The van der Waals surface area contributed by atoms with Gasteiger partial charge in [-0.2, -0.15) is 0 Å². The van der Waals surface area contributed by atoms with Crippen molar-refractivity contribution < 1.29 is 14.3 Å². The van der Waals surface area contributed by atoms with Gasteiger partial charge in [-0.3, -0.25) is 19.4 Å². The van der Waals surface area contributed by atoms with E-state index in [1.165, 1.54) is 0 Å². The van der Waals surface area contributed by atoms with E-state index in [-0.39, 0.29) is 11.8 Å². The number of ether oxygens (including phenoxy) is 1. The van der Waals surface area contributed by atoms with Crippen LogP contribution >= 0.6 is 0 Å². The molecule has 160 valence electrons. The van der Waals surface area contributed by atoms with Crippen molar-refractivity contribution in [3.8, 4) is 5.75 Å². The van der Waals surface area contributed by atoms with Crippen LogP contribution in [0.15, 0.2) is 54.6 Å². The second-order valence-electron chi connectivity index (χ2n) is 7.57. The Balaban J connectivity index is 1.39. The Hall–Kier alpha value is -2.90. The molecule has 1 N–H and O–H groups in total. The first-order valence-corrected chi connectivity index (χ1v) is 10.2. The molecule has 0 spiro atoms. The van der Waals surface area contributed by atoms with Crippen LogP contribution in [0.25, 0.3) is 0 Å². The van der Waals surface area contributed by atoms with Gasteiger partial charge in [-0.1, -0.05) is 30.3 Å². The van der Waals surface area contributed by atoms with Gasteiger partial charge in [0.2, 0.25) is 11.8 Å². The van der Waals surface area contributed by atoms with Gasteiger partial charge >= 0.3 is 0 Å². The van der Waals surface area contributed by atoms with Crippen molar-refractivity contribution in [2.45, 2.75) is 6.54 Å². The molecule has 0 radical (unpaired) electrons. The number of hydrogen-bond donors (Lipinski definition) is 1. The molecule has 0 aromatic heterocycles. The summed E-state index contributed by atoms with van der Waals surface area (Å²) in [5.74, 6) is 0.873. The van der Waals surface area contributed by atoms with Gasteiger partial charge in [-0.25, -0.2) is 0 Å². The topological polar surface area (TPSA) is 65.1 Å². The highest BCUT2D eigenvalue weighted by Crippen LogP contribution is 2.14. The number of hydrogen-bond acceptors (Lipinski definition) is 5. The fourth-order valence-corrected chi connectivity index (χ4v) is 3.48. The summed E-state index contributed by atoms with van der Waals surface area (Å²) in [7, 11) is 3.46. The highest BCUT2D eigenvalue weighted by molar-refractivity contribution is 5.92. The molecule has 2 aromatic carbocycles. The number of methoxy groups -OCH3 is 1. The zero-order valence-corrected chi connectivity index (χ0v) is 17.7. The molecule has 7 nitrogen and oxygen atoms in total. The first kappa shape index (κ1) is 21.8. The number of nitrogens with one attached hydrogen (secondary N) is 1. The highest BCUT2D eigenvalue weighted by atomic mass is 16.5. The quantitative estimate of drug-likeness (QED) is 0.720. The lowest BCUT2D eigenvalue weighted by atomic mass is 10.2. The molecule has 30 heavy (non-hydrogen) atoms. The Kier molecular flexibility index (Phi) is 7.82.